The van der Waals surface area contributed by atoms with Crippen molar-refractivity contribution in [3.8, 4) is 0 Å². The molecule has 15 heavy (non-hydrogen) atoms. The highest BCUT2D eigenvalue weighted by atomic mass is 79.9. The summed E-state index contributed by atoms with van der Waals surface area (Å²) in [6.07, 6.45) is 2.44. The van der Waals surface area contributed by atoms with E-state index in [9.17, 15) is 5.11 Å². The van der Waals surface area contributed by atoms with E-state index >= 15 is 0 Å². The summed E-state index contributed by atoms with van der Waals surface area (Å²) in [7, 11) is 1.70. The molecular weight excluding hydrogens is 256 g/mol. The van der Waals surface area contributed by atoms with Crippen LogP contribution >= 0.6 is 15.9 Å². The highest BCUT2D eigenvalue weighted by molar-refractivity contribution is 9.10. The van der Waals surface area contributed by atoms with E-state index < -0.39 is 5.60 Å². The van der Waals surface area contributed by atoms with Crippen molar-refractivity contribution in [2.75, 3.05) is 7.11 Å². The van der Waals surface area contributed by atoms with Crippen LogP contribution in [0.5, 0.6) is 0 Å². The minimum Gasteiger partial charge on any atom is -0.389 e. The molecule has 0 heterocycles. The van der Waals surface area contributed by atoms with Crippen LogP contribution in [-0.4, -0.2) is 23.9 Å². The van der Waals surface area contributed by atoms with Crippen LogP contribution in [0, 0.1) is 0 Å². The van der Waals surface area contributed by atoms with Crippen molar-refractivity contribution < 1.29 is 9.84 Å². The summed E-state index contributed by atoms with van der Waals surface area (Å²) < 4.78 is 6.24. The van der Waals surface area contributed by atoms with Gasteiger partial charge in [-0.3, -0.25) is 0 Å². The van der Waals surface area contributed by atoms with Gasteiger partial charge in [-0.15, -0.1) is 0 Å². The Balaban J connectivity index is 1.98. The molecule has 1 N–H and O–H groups in total. The van der Waals surface area contributed by atoms with Crippen LogP contribution in [0.25, 0.3) is 0 Å². The van der Waals surface area contributed by atoms with Gasteiger partial charge in [0, 0.05) is 30.8 Å². The number of halogens is 1. The van der Waals surface area contributed by atoms with E-state index in [1.54, 1.807) is 7.11 Å². The van der Waals surface area contributed by atoms with Gasteiger partial charge >= 0.3 is 0 Å². The largest absolute Gasteiger partial charge is 0.389 e. The van der Waals surface area contributed by atoms with Crippen molar-refractivity contribution in [1.82, 2.24) is 0 Å². The van der Waals surface area contributed by atoms with Gasteiger partial charge < -0.3 is 9.84 Å². The minimum atomic E-state index is -0.554. The lowest BCUT2D eigenvalue weighted by Gasteiger charge is -2.42. The number of ether oxygens (including phenoxy) is 1. The standard InChI is InChI=1S/C12H15BrO2/c1-15-11-7-12(14,8-11)6-9-3-2-4-10(13)5-9/h2-5,11,14H,6-8H2,1H3. The number of benzene rings is 1. The van der Waals surface area contributed by atoms with Crippen molar-refractivity contribution in [3.63, 3.8) is 0 Å². The number of hydrogen-bond donors (Lipinski definition) is 1. The molecule has 0 unspecified atom stereocenters. The molecule has 2 nitrogen and oxygen atoms in total. The molecule has 82 valence electrons. The Bertz CT molecular complexity index is 345. The van der Waals surface area contributed by atoms with E-state index in [-0.39, 0.29) is 6.10 Å². The molecule has 1 aromatic rings. The Morgan fingerprint density at radius 2 is 2.27 bits per heavy atom. The zero-order valence-electron chi connectivity index (χ0n) is 8.74. The number of rotatable bonds is 3. The molecule has 0 bridgehead atoms. The molecule has 1 aliphatic rings. The smallest absolute Gasteiger partial charge is 0.0737 e. The van der Waals surface area contributed by atoms with Crippen molar-refractivity contribution in [3.05, 3.63) is 34.3 Å². The first-order valence-electron chi connectivity index (χ1n) is 5.11. The molecule has 0 spiro atoms. The first-order valence-corrected chi connectivity index (χ1v) is 5.90. The summed E-state index contributed by atoms with van der Waals surface area (Å²) in [5.41, 5.74) is 0.614. The van der Waals surface area contributed by atoms with Crippen LogP contribution in [0.2, 0.25) is 0 Å². The Kier molecular flexibility index (Phi) is 3.14. The minimum absolute atomic E-state index is 0.238. The SMILES string of the molecule is COC1CC(O)(Cc2cccc(Br)c2)C1. The molecule has 0 radical (unpaired) electrons. The van der Waals surface area contributed by atoms with E-state index in [0.29, 0.717) is 6.42 Å². The van der Waals surface area contributed by atoms with Crippen LogP contribution in [0.3, 0.4) is 0 Å². The lowest BCUT2D eigenvalue weighted by molar-refractivity contribution is -0.126. The highest BCUT2D eigenvalue weighted by Crippen LogP contribution is 2.37. The number of hydrogen-bond acceptors (Lipinski definition) is 2. The molecule has 3 heteroatoms. The van der Waals surface area contributed by atoms with Crippen molar-refractivity contribution in [1.29, 1.82) is 0 Å². The molecule has 0 amide bonds. The Labute approximate surface area is 98.4 Å². The molecule has 2 rings (SSSR count). The van der Waals surface area contributed by atoms with Gasteiger partial charge in [0.2, 0.25) is 0 Å². The van der Waals surface area contributed by atoms with E-state index in [1.165, 1.54) is 5.56 Å². The van der Waals surface area contributed by atoms with Gasteiger partial charge in [0.25, 0.3) is 0 Å². The maximum Gasteiger partial charge on any atom is 0.0737 e. The topological polar surface area (TPSA) is 29.5 Å². The second-order valence-electron chi connectivity index (χ2n) is 4.30. The lowest BCUT2D eigenvalue weighted by atomic mass is 9.74. The van der Waals surface area contributed by atoms with Crippen molar-refractivity contribution in [2.45, 2.75) is 31.0 Å². The fourth-order valence-corrected chi connectivity index (χ4v) is 2.57. The molecule has 1 saturated carbocycles. The molecule has 1 fully saturated rings. The zero-order chi connectivity index (χ0) is 10.9. The number of methoxy groups -OCH3 is 1. The summed E-state index contributed by atoms with van der Waals surface area (Å²) >= 11 is 3.43. The third-order valence-corrected chi connectivity index (χ3v) is 3.46. The second kappa shape index (κ2) is 4.24. The first kappa shape index (κ1) is 11.1. The van der Waals surface area contributed by atoms with Crippen molar-refractivity contribution in [2.24, 2.45) is 0 Å². The van der Waals surface area contributed by atoms with Gasteiger partial charge in [0.05, 0.1) is 11.7 Å². The molecule has 1 aliphatic carbocycles. The third kappa shape index (κ3) is 2.60. The van der Waals surface area contributed by atoms with Crippen LogP contribution < -0.4 is 0 Å². The van der Waals surface area contributed by atoms with Crippen LogP contribution in [0.15, 0.2) is 28.7 Å². The Morgan fingerprint density at radius 1 is 1.53 bits per heavy atom. The molecule has 0 saturated heterocycles. The van der Waals surface area contributed by atoms with Gasteiger partial charge in [-0.05, 0) is 17.7 Å². The van der Waals surface area contributed by atoms with Gasteiger partial charge in [-0.2, -0.15) is 0 Å². The summed E-state index contributed by atoms with van der Waals surface area (Å²) in [5, 5.41) is 10.2. The average molecular weight is 271 g/mol. The predicted octanol–water partition coefficient (Wildman–Crippen LogP) is 2.53. The Morgan fingerprint density at radius 3 is 2.87 bits per heavy atom. The fourth-order valence-electron chi connectivity index (χ4n) is 2.13. The van der Waals surface area contributed by atoms with Gasteiger partial charge in [-0.25, -0.2) is 0 Å². The van der Waals surface area contributed by atoms with Crippen LogP contribution in [0.4, 0.5) is 0 Å². The van der Waals surface area contributed by atoms with Gasteiger partial charge in [-0.1, -0.05) is 28.1 Å². The van der Waals surface area contributed by atoms with E-state index in [0.717, 1.165) is 17.3 Å². The maximum absolute atomic E-state index is 10.2. The summed E-state index contributed by atoms with van der Waals surface area (Å²) in [5.74, 6) is 0. The van der Waals surface area contributed by atoms with E-state index in [1.807, 2.05) is 18.2 Å². The van der Waals surface area contributed by atoms with E-state index in [2.05, 4.69) is 22.0 Å². The number of aliphatic hydroxyl groups is 1. The summed E-state index contributed by atoms with van der Waals surface area (Å²) in [6.45, 7) is 0. The monoisotopic (exact) mass is 270 g/mol. The molecule has 0 atom stereocenters. The molecule has 1 aromatic carbocycles. The maximum atomic E-state index is 10.2. The molecule has 0 aliphatic heterocycles. The van der Waals surface area contributed by atoms with Gasteiger partial charge in [0.15, 0.2) is 0 Å². The van der Waals surface area contributed by atoms with E-state index in [4.69, 9.17) is 4.74 Å². The zero-order valence-corrected chi connectivity index (χ0v) is 10.3. The third-order valence-electron chi connectivity index (χ3n) is 2.97. The Hall–Kier alpha value is -0.380. The average Bonchev–Trinajstić information content (AvgIpc) is 2.13. The quantitative estimate of drug-likeness (QED) is 0.915. The van der Waals surface area contributed by atoms with Crippen molar-refractivity contribution >= 4 is 15.9 Å². The predicted molar refractivity (Wildman–Crippen MR) is 62.8 cm³/mol. The van der Waals surface area contributed by atoms with Gasteiger partial charge in [0.1, 0.15) is 0 Å². The first-order chi connectivity index (χ1) is 7.11. The van der Waals surface area contributed by atoms with Crippen LogP contribution in [0.1, 0.15) is 18.4 Å². The highest BCUT2D eigenvalue weighted by Gasteiger charge is 2.42. The normalized spacial score (nSPS) is 29.9. The summed E-state index contributed by atoms with van der Waals surface area (Å²) in [4.78, 5) is 0. The fraction of sp³-hybridized carbons (Fsp3) is 0.500. The van der Waals surface area contributed by atoms with Crippen LogP contribution in [-0.2, 0) is 11.2 Å². The second-order valence-corrected chi connectivity index (χ2v) is 5.21. The molecule has 0 aromatic heterocycles. The summed E-state index contributed by atoms with van der Waals surface area (Å²) in [6, 6.07) is 8.09. The molecular formula is C12H15BrO2. The lowest BCUT2D eigenvalue weighted by Crippen LogP contribution is -2.49.